The quantitative estimate of drug-likeness (QED) is 0.452. The monoisotopic (exact) mass is 372 g/mol. The number of hydrogen-bond donors (Lipinski definition) is 0. The van der Waals surface area contributed by atoms with Gasteiger partial charge >= 0.3 is 0 Å². The highest BCUT2D eigenvalue weighted by Gasteiger charge is 2.31. The Labute approximate surface area is 162 Å². The summed E-state index contributed by atoms with van der Waals surface area (Å²) < 4.78 is 10.6. The van der Waals surface area contributed by atoms with Gasteiger partial charge in [-0.2, -0.15) is 0 Å². The lowest BCUT2D eigenvalue weighted by Crippen LogP contribution is -2.21. The van der Waals surface area contributed by atoms with E-state index in [1.165, 1.54) is 52.7 Å². The predicted octanol–water partition coefficient (Wildman–Crippen LogP) is 5.93. The average Bonchev–Trinajstić information content (AvgIpc) is 2.69. The van der Waals surface area contributed by atoms with Crippen molar-refractivity contribution in [2.24, 2.45) is 0 Å². The molecular weight excluding hydrogens is 340 g/mol. The maximum Gasteiger partial charge on any atom is 0.190 e. The van der Waals surface area contributed by atoms with Crippen LogP contribution in [-0.4, -0.2) is 25.8 Å². The van der Waals surface area contributed by atoms with Crippen LogP contribution in [0.3, 0.4) is 0 Å². The first-order valence-corrected chi connectivity index (χ1v) is 10.1. The Morgan fingerprint density at radius 2 is 1.22 bits per heavy atom. The van der Waals surface area contributed by atoms with Crippen molar-refractivity contribution in [1.29, 1.82) is 0 Å². The maximum absolute atomic E-state index is 13.0. The van der Waals surface area contributed by atoms with E-state index in [4.69, 9.17) is 9.47 Å². The van der Waals surface area contributed by atoms with Crippen LogP contribution in [0.2, 0.25) is 0 Å². The molecule has 1 aliphatic rings. The summed E-state index contributed by atoms with van der Waals surface area (Å²) in [7, 11) is 3.05. The van der Waals surface area contributed by atoms with E-state index in [1.54, 1.807) is 19.1 Å². The fourth-order valence-corrected chi connectivity index (χ4v) is 3.66. The van der Waals surface area contributed by atoms with E-state index < -0.39 is 0 Å². The summed E-state index contributed by atoms with van der Waals surface area (Å²) in [5.74, 6) is 0.811. The minimum absolute atomic E-state index is 0.0500. The fraction of sp³-hybridized carbons (Fsp3) is 0.565. The fourth-order valence-electron chi connectivity index (χ4n) is 3.66. The van der Waals surface area contributed by atoms with E-state index >= 15 is 0 Å². The normalized spacial score (nSPS) is 13.8. The minimum Gasteiger partial charge on any atom is -0.493 e. The molecule has 1 aromatic carbocycles. The van der Waals surface area contributed by atoms with Crippen LogP contribution in [0.5, 0.6) is 11.5 Å². The van der Waals surface area contributed by atoms with Gasteiger partial charge in [-0.3, -0.25) is 9.59 Å². The van der Waals surface area contributed by atoms with Crippen molar-refractivity contribution in [2.75, 3.05) is 14.2 Å². The molecule has 2 rings (SSSR count). The highest BCUT2D eigenvalue weighted by Crippen LogP contribution is 2.36. The number of allylic oxidation sites excluding steroid dienone is 2. The second kappa shape index (κ2) is 10.3. The first-order valence-electron chi connectivity index (χ1n) is 10.1. The molecule has 0 saturated heterocycles. The van der Waals surface area contributed by atoms with Gasteiger partial charge in [0.15, 0.2) is 23.1 Å². The highest BCUT2D eigenvalue weighted by molar-refractivity contribution is 6.27. The molecule has 148 valence electrons. The number of rotatable bonds is 11. The van der Waals surface area contributed by atoms with Crippen molar-refractivity contribution in [3.8, 4) is 11.5 Å². The number of ether oxygens (including phenoxy) is 2. The summed E-state index contributed by atoms with van der Waals surface area (Å²) in [6, 6.07) is 3.25. The second-order valence-electron chi connectivity index (χ2n) is 7.24. The van der Waals surface area contributed by atoms with Crippen molar-refractivity contribution in [1.82, 2.24) is 0 Å². The van der Waals surface area contributed by atoms with E-state index in [0.717, 1.165) is 12.8 Å². The van der Waals surface area contributed by atoms with Gasteiger partial charge in [-0.15, -0.1) is 0 Å². The predicted molar refractivity (Wildman–Crippen MR) is 108 cm³/mol. The van der Waals surface area contributed by atoms with Gasteiger partial charge in [-0.05, 0) is 31.9 Å². The van der Waals surface area contributed by atoms with Gasteiger partial charge in [0.05, 0.1) is 14.2 Å². The van der Waals surface area contributed by atoms with Crippen LogP contribution < -0.4 is 9.47 Å². The van der Waals surface area contributed by atoms with Crippen LogP contribution in [0, 0.1) is 0 Å². The van der Waals surface area contributed by atoms with Crippen molar-refractivity contribution >= 4 is 11.6 Å². The molecule has 0 fully saturated rings. The van der Waals surface area contributed by atoms with Crippen LogP contribution in [0.15, 0.2) is 23.3 Å². The van der Waals surface area contributed by atoms with Gasteiger partial charge in [0, 0.05) is 22.3 Å². The standard InChI is InChI=1S/C23H32O4/c1-5-6-7-8-9-10-11-12-13-17-16(2)22(24)18-14-20(26-3)21(27-4)15-19(18)23(17)25/h14-15H,5-13H2,1-4H3. The van der Waals surface area contributed by atoms with Crippen LogP contribution in [0.1, 0.15) is 92.4 Å². The third kappa shape index (κ3) is 5.00. The van der Waals surface area contributed by atoms with Gasteiger partial charge in [0.1, 0.15) is 0 Å². The third-order valence-electron chi connectivity index (χ3n) is 5.36. The molecule has 1 aliphatic carbocycles. The summed E-state index contributed by atoms with van der Waals surface area (Å²) in [6.07, 6.45) is 10.4. The lowest BCUT2D eigenvalue weighted by atomic mass is 9.82. The molecular formula is C23H32O4. The van der Waals surface area contributed by atoms with Gasteiger partial charge in [-0.25, -0.2) is 0 Å². The Kier molecular flexibility index (Phi) is 8.08. The van der Waals surface area contributed by atoms with E-state index in [1.807, 2.05) is 0 Å². The zero-order valence-corrected chi connectivity index (χ0v) is 17.2. The Bertz CT molecular complexity index is 715. The molecule has 0 heterocycles. The third-order valence-corrected chi connectivity index (χ3v) is 5.36. The zero-order valence-electron chi connectivity index (χ0n) is 17.2. The molecule has 0 unspecified atom stereocenters. The van der Waals surface area contributed by atoms with Crippen LogP contribution in [0.4, 0.5) is 0 Å². The molecule has 1 aromatic rings. The Morgan fingerprint density at radius 1 is 0.741 bits per heavy atom. The lowest BCUT2D eigenvalue weighted by molar-refractivity contribution is 0.0971. The number of ketones is 2. The molecule has 0 N–H and O–H groups in total. The Hall–Kier alpha value is -2.10. The first-order chi connectivity index (χ1) is 13.0. The topological polar surface area (TPSA) is 52.6 Å². The number of benzene rings is 1. The molecule has 0 atom stereocenters. The van der Waals surface area contributed by atoms with E-state index in [0.29, 0.717) is 40.2 Å². The molecule has 0 spiro atoms. The summed E-state index contributed by atoms with van der Waals surface area (Å²) in [5, 5.41) is 0. The van der Waals surface area contributed by atoms with Crippen molar-refractivity contribution in [2.45, 2.75) is 71.6 Å². The highest BCUT2D eigenvalue weighted by atomic mass is 16.5. The maximum atomic E-state index is 13.0. The van der Waals surface area contributed by atoms with Gasteiger partial charge < -0.3 is 9.47 Å². The van der Waals surface area contributed by atoms with Gasteiger partial charge in [-0.1, -0.05) is 51.9 Å². The number of methoxy groups -OCH3 is 2. The largest absolute Gasteiger partial charge is 0.493 e. The van der Waals surface area contributed by atoms with Gasteiger partial charge in [0.25, 0.3) is 0 Å². The zero-order chi connectivity index (χ0) is 19.8. The molecule has 27 heavy (non-hydrogen) atoms. The van der Waals surface area contributed by atoms with E-state index in [2.05, 4.69) is 6.92 Å². The Morgan fingerprint density at radius 3 is 1.74 bits per heavy atom. The van der Waals surface area contributed by atoms with Crippen molar-refractivity contribution < 1.29 is 19.1 Å². The molecule has 0 bridgehead atoms. The van der Waals surface area contributed by atoms with Crippen molar-refractivity contribution in [3.05, 3.63) is 34.4 Å². The number of carbonyl (C=O) groups excluding carboxylic acids is 2. The summed E-state index contributed by atoms with van der Waals surface area (Å²) in [6.45, 7) is 3.99. The minimum atomic E-state index is -0.0832. The van der Waals surface area contributed by atoms with Gasteiger partial charge in [0.2, 0.25) is 0 Å². The molecule has 0 amide bonds. The molecule has 0 radical (unpaired) electrons. The first kappa shape index (κ1) is 21.2. The summed E-state index contributed by atoms with van der Waals surface area (Å²) >= 11 is 0. The van der Waals surface area contributed by atoms with E-state index in [9.17, 15) is 9.59 Å². The van der Waals surface area contributed by atoms with E-state index in [-0.39, 0.29) is 11.6 Å². The molecule has 0 saturated carbocycles. The second-order valence-corrected chi connectivity index (χ2v) is 7.24. The number of Topliss-reactive ketones (excluding diaryl/α,β-unsaturated/α-hetero) is 2. The summed E-state index contributed by atoms with van der Waals surface area (Å²) in [5.41, 5.74) is 2.07. The van der Waals surface area contributed by atoms with Crippen LogP contribution >= 0.6 is 0 Å². The van der Waals surface area contributed by atoms with Crippen LogP contribution in [0.25, 0.3) is 0 Å². The number of fused-ring (bicyclic) bond motifs is 1. The number of unbranched alkanes of at least 4 members (excludes halogenated alkanes) is 7. The molecule has 0 aromatic heterocycles. The average molecular weight is 373 g/mol. The molecule has 0 aliphatic heterocycles. The SMILES string of the molecule is CCCCCCCCCCC1=C(C)C(=O)c2cc(OC)c(OC)cc2C1=O. The molecule has 4 heteroatoms. The molecule has 4 nitrogen and oxygen atoms in total. The Balaban J connectivity index is 2.02. The number of carbonyl (C=O) groups is 2. The summed E-state index contributed by atoms with van der Waals surface area (Å²) in [4.78, 5) is 25.7. The smallest absolute Gasteiger partial charge is 0.190 e. The van der Waals surface area contributed by atoms with Crippen molar-refractivity contribution in [3.63, 3.8) is 0 Å². The number of hydrogen-bond acceptors (Lipinski definition) is 4. The van der Waals surface area contributed by atoms with Crippen LogP contribution in [-0.2, 0) is 0 Å². The lowest BCUT2D eigenvalue weighted by Gasteiger charge is -2.21.